The SMILES string of the molecule is CCCOc1ccc(C(C)Nc2ccccc2CO)cc1. The Morgan fingerprint density at radius 2 is 1.81 bits per heavy atom. The molecular formula is C18H23NO2. The number of aliphatic hydroxyl groups is 1. The summed E-state index contributed by atoms with van der Waals surface area (Å²) in [6, 6.07) is 16.1. The van der Waals surface area contributed by atoms with Gasteiger partial charge in [0.25, 0.3) is 0 Å². The van der Waals surface area contributed by atoms with E-state index in [1.54, 1.807) is 0 Å². The van der Waals surface area contributed by atoms with E-state index >= 15 is 0 Å². The van der Waals surface area contributed by atoms with E-state index in [1.165, 1.54) is 5.56 Å². The van der Waals surface area contributed by atoms with Gasteiger partial charge in [-0.2, -0.15) is 0 Å². The van der Waals surface area contributed by atoms with E-state index in [9.17, 15) is 5.11 Å². The number of para-hydroxylation sites is 1. The minimum Gasteiger partial charge on any atom is -0.494 e. The van der Waals surface area contributed by atoms with Crippen LogP contribution in [0.1, 0.15) is 37.4 Å². The lowest BCUT2D eigenvalue weighted by Gasteiger charge is -2.18. The maximum absolute atomic E-state index is 9.36. The minimum atomic E-state index is 0.0414. The first kappa shape index (κ1) is 15.4. The fourth-order valence-corrected chi connectivity index (χ4v) is 2.19. The Morgan fingerprint density at radius 1 is 1.10 bits per heavy atom. The average Bonchev–Trinajstić information content (AvgIpc) is 2.54. The van der Waals surface area contributed by atoms with Crippen molar-refractivity contribution in [3.8, 4) is 5.75 Å². The van der Waals surface area contributed by atoms with E-state index in [1.807, 2.05) is 36.4 Å². The van der Waals surface area contributed by atoms with Crippen LogP contribution >= 0.6 is 0 Å². The topological polar surface area (TPSA) is 41.5 Å². The molecule has 21 heavy (non-hydrogen) atoms. The summed E-state index contributed by atoms with van der Waals surface area (Å²) in [6.07, 6.45) is 1.01. The number of benzene rings is 2. The number of anilines is 1. The van der Waals surface area contributed by atoms with Crippen molar-refractivity contribution in [1.82, 2.24) is 0 Å². The summed E-state index contributed by atoms with van der Waals surface area (Å²) in [5, 5.41) is 12.8. The molecule has 0 amide bonds. The van der Waals surface area contributed by atoms with Crippen molar-refractivity contribution in [3.63, 3.8) is 0 Å². The smallest absolute Gasteiger partial charge is 0.119 e. The van der Waals surface area contributed by atoms with E-state index in [2.05, 4.69) is 31.3 Å². The highest BCUT2D eigenvalue weighted by Gasteiger charge is 2.08. The van der Waals surface area contributed by atoms with Crippen molar-refractivity contribution in [2.24, 2.45) is 0 Å². The fourth-order valence-electron chi connectivity index (χ4n) is 2.19. The third-order valence-electron chi connectivity index (χ3n) is 3.41. The van der Waals surface area contributed by atoms with Crippen molar-refractivity contribution in [3.05, 3.63) is 59.7 Å². The Hall–Kier alpha value is -2.00. The molecule has 0 aromatic heterocycles. The summed E-state index contributed by atoms with van der Waals surface area (Å²) in [5.41, 5.74) is 3.07. The quantitative estimate of drug-likeness (QED) is 0.803. The second kappa shape index (κ2) is 7.70. The van der Waals surface area contributed by atoms with Gasteiger partial charge in [0.1, 0.15) is 5.75 Å². The summed E-state index contributed by atoms with van der Waals surface area (Å²) in [7, 11) is 0. The molecule has 2 rings (SSSR count). The van der Waals surface area contributed by atoms with Crippen molar-refractivity contribution in [2.45, 2.75) is 32.9 Å². The van der Waals surface area contributed by atoms with Crippen LogP contribution in [0.5, 0.6) is 5.75 Å². The molecule has 0 aliphatic rings. The summed E-state index contributed by atoms with van der Waals surface area (Å²) < 4.78 is 5.59. The molecule has 0 fully saturated rings. The van der Waals surface area contributed by atoms with E-state index in [-0.39, 0.29) is 12.6 Å². The van der Waals surface area contributed by atoms with Crippen LogP contribution in [0.3, 0.4) is 0 Å². The van der Waals surface area contributed by atoms with Gasteiger partial charge in [-0.25, -0.2) is 0 Å². The van der Waals surface area contributed by atoms with Crippen molar-refractivity contribution in [2.75, 3.05) is 11.9 Å². The molecule has 0 aliphatic heterocycles. The number of hydrogen-bond donors (Lipinski definition) is 2. The zero-order chi connectivity index (χ0) is 15.1. The zero-order valence-corrected chi connectivity index (χ0v) is 12.7. The standard InChI is InChI=1S/C18H23NO2/c1-3-12-21-17-10-8-15(9-11-17)14(2)19-18-7-5-4-6-16(18)13-20/h4-11,14,19-20H,3,12-13H2,1-2H3. The third kappa shape index (κ3) is 4.23. The molecule has 0 aliphatic carbocycles. The minimum absolute atomic E-state index is 0.0414. The highest BCUT2D eigenvalue weighted by molar-refractivity contribution is 5.52. The van der Waals surface area contributed by atoms with Gasteiger partial charge < -0.3 is 15.2 Å². The van der Waals surface area contributed by atoms with Gasteiger partial charge in [-0.05, 0) is 37.1 Å². The molecule has 1 unspecified atom stereocenters. The molecule has 3 heteroatoms. The molecule has 112 valence electrons. The highest BCUT2D eigenvalue weighted by atomic mass is 16.5. The van der Waals surface area contributed by atoms with Gasteiger partial charge in [-0.15, -0.1) is 0 Å². The van der Waals surface area contributed by atoms with E-state index in [0.29, 0.717) is 0 Å². The van der Waals surface area contributed by atoms with Crippen LogP contribution in [-0.2, 0) is 6.61 Å². The highest BCUT2D eigenvalue weighted by Crippen LogP contribution is 2.24. The Labute approximate surface area is 126 Å². The van der Waals surface area contributed by atoms with Crippen LogP contribution in [0.15, 0.2) is 48.5 Å². The van der Waals surface area contributed by atoms with E-state index < -0.39 is 0 Å². The number of rotatable bonds is 7. The first-order chi connectivity index (χ1) is 10.2. The molecule has 2 aromatic rings. The molecule has 0 saturated carbocycles. The summed E-state index contributed by atoms with van der Waals surface area (Å²) in [4.78, 5) is 0. The largest absolute Gasteiger partial charge is 0.494 e. The molecule has 0 spiro atoms. The fraction of sp³-hybridized carbons (Fsp3) is 0.333. The number of nitrogens with one attached hydrogen (secondary N) is 1. The van der Waals surface area contributed by atoms with Gasteiger partial charge in [-0.3, -0.25) is 0 Å². The molecule has 1 atom stereocenters. The van der Waals surface area contributed by atoms with Crippen LogP contribution in [0.25, 0.3) is 0 Å². The van der Waals surface area contributed by atoms with Gasteiger partial charge >= 0.3 is 0 Å². The summed E-state index contributed by atoms with van der Waals surface area (Å²) in [6.45, 7) is 4.99. The van der Waals surface area contributed by atoms with Gasteiger partial charge in [0, 0.05) is 17.3 Å². The zero-order valence-electron chi connectivity index (χ0n) is 12.7. The summed E-state index contributed by atoms with van der Waals surface area (Å²) >= 11 is 0. The first-order valence-corrected chi connectivity index (χ1v) is 7.42. The predicted molar refractivity (Wildman–Crippen MR) is 86.6 cm³/mol. The lowest BCUT2D eigenvalue weighted by molar-refractivity contribution is 0.282. The van der Waals surface area contributed by atoms with Gasteiger partial charge in [0.05, 0.1) is 13.2 Å². The van der Waals surface area contributed by atoms with Crippen LogP contribution in [0, 0.1) is 0 Å². The molecule has 0 saturated heterocycles. The second-order valence-electron chi connectivity index (χ2n) is 5.10. The maximum atomic E-state index is 9.36. The Bertz CT molecular complexity index is 551. The van der Waals surface area contributed by atoms with Crippen LogP contribution in [0.2, 0.25) is 0 Å². The Kier molecular flexibility index (Phi) is 5.64. The van der Waals surface area contributed by atoms with E-state index in [0.717, 1.165) is 30.0 Å². The monoisotopic (exact) mass is 285 g/mol. The lowest BCUT2D eigenvalue weighted by atomic mass is 10.1. The lowest BCUT2D eigenvalue weighted by Crippen LogP contribution is -2.08. The van der Waals surface area contributed by atoms with E-state index in [4.69, 9.17) is 4.74 Å². The molecule has 3 nitrogen and oxygen atoms in total. The number of ether oxygens (including phenoxy) is 1. The van der Waals surface area contributed by atoms with Crippen LogP contribution in [0.4, 0.5) is 5.69 Å². The number of aliphatic hydroxyl groups excluding tert-OH is 1. The van der Waals surface area contributed by atoms with Crippen molar-refractivity contribution in [1.29, 1.82) is 0 Å². The first-order valence-electron chi connectivity index (χ1n) is 7.42. The normalized spacial score (nSPS) is 12.0. The number of hydrogen-bond acceptors (Lipinski definition) is 3. The molecule has 2 N–H and O–H groups in total. The average molecular weight is 285 g/mol. The Morgan fingerprint density at radius 3 is 2.48 bits per heavy atom. The van der Waals surface area contributed by atoms with Gasteiger partial charge in [0.15, 0.2) is 0 Å². The summed E-state index contributed by atoms with van der Waals surface area (Å²) in [5.74, 6) is 0.906. The second-order valence-corrected chi connectivity index (χ2v) is 5.10. The molecule has 0 heterocycles. The maximum Gasteiger partial charge on any atom is 0.119 e. The van der Waals surface area contributed by atoms with Gasteiger partial charge in [-0.1, -0.05) is 37.3 Å². The van der Waals surface area contributed by atoms with Crippen molar-refractivity contribution < 1.29 is 9.84 Å². The van der Waals surface area contributed by atoms with Crippen LogP contribution < -0.4 is 10.1 Å². The molecule has 2 aromatic carbocycles. The van der Waals surface area contributed by atoms with Crippen molar-refractivity contribution >= 4 is 5.69 Å². The predicted octanol–water partition coefficient (Wildman–Crippen LogP) is 4.14. The molecular weight excluding hydrogens is 262 g/mol. The van der Waals surface area contributed by atoms with Crippen LogP contribution in [-0.4, -0.2) is 11.7 Å². The third-order valence-corrected chi connectivity index (χ3v) is 3.41. The van der Waals surface area contributed by atoms with Gasteiger partial charge in [0.2, 0.25) is 0 Å². The molecule has 0 bridgehead atoms. The molecule has 0 radical (unpaired) electrons. The Balaban J connectivity index is 2.04.